The molecule has 1 aromatic carbocycles. The van der Waals surface area contributed by atoms with Crippen LogP contribution in [0.5, 0.6) is 0 Å². The normalized spacial score (nSPS) is 20.6. The number of nitrogens with two attached hydrogens (primary N) is 1. The summed E-state index contributed by atoms with van der Waals surface area (Å²) in [6, 6.07) is 6.11. The van der Waals surface area contributed by atoms with E-state index < -0.39 is 29.5 Å². The number of hydrogen-bond donors (Lipinski definition) is 4. The van der Waals surface area contributed by atoms with Crippen LogP contribution in [0, 0.1) is 11.3 Å². The van der Waals surface area contributed by atoms with Gasteiger partial charge in [0, 0.05) is 6.54 Å². The molecule has 1 saturated heterocycles. The molecule has 4 atom stereocenters. The van der Waals surface area contributed by atoms with Crippen molar-refractivity contribution in [2.75, 3.05) is 13.1 Å². The second-order valence-electron chi connectivity index (χ2n) is 11.9. The van der Waals surface area contributed by atoms with Gasteiger partial charge >= 0.3 is 5.97 Å². The molecule has 38 heavy (non-hydrogen) atoms. The summed E-state index contributed by atoms with van der Waals surface area (Å²) in [6.07, 6.45) is 4.19. The summed E-state index contributed by atoms with van der Waals surface area (Å²) < 4.78 is 0. The Balaban J connectivity index is 0.000000323. The maximum atomic E-state index is 13.0. The summed E-state index contributed by atoms with van der Waals surface area (Å²) in [5.74, 6) is -1.38. The molecule has 0 aromatic heterocycles. The zero-order chi connectivity index (χ0) is 28.6. The molecular formula is C29H46N4O5. The SMILES string of the molecule is CC(C)CNC(C)C(=O)NC(C(=O)N1CCCC1C(=O)O)C(C)(C)C.NC(=O)C1CCCc2ccccc21. The van der Waals surface area contributed by atoms with Crippen molar-refractivity contribution in [1.82, 2.24) is 15.5 Å². The summed E-state index contributed by atoms with van der Waals surface area (Å²) in [5, 5.41) is 15.3. The van der Waals surface area contributed by atoms with Gasteiger partial charge in [0.25, 0.3) is 0 Å². The van der Waals surface area contributed by atoms with E-state index in [1.165, 1.54) is 10.5 Å². The van der Waals surface area contributed by atoms with Gasteiger partial charge in [-0.25, -0.2) is 4.79 Å². The number of amides is 3. The quantitative estimate of drug-likeness (QED) is 0.407. The molecule has 0 radical (unpaired) electrons. The average molecular weight is 531 g/mol. The molecule has 9 heteroatoms. The van der Waals surface area contributed by atoms with Gasteiger partial charge in [0.15, 0.2) is 0 Å². The maximum absolute atomic E-state index is 13.0. The Labute approximate surface area is 226 Å². The molecule has 0 saturated carbocycles. The minimum atomic E-state index is -0.989. The fourth-order valence-corrected chi connectivity index (χ4v) is 4.92. The van der Waals surface area contributed by atoms with Crippen LogP contribution in [0.15, 0.2) is 24.3 Å². The molecule has 3 rings (SSSR count). The molecular weight excluding hydrogens is 484 g/mol. The highest BCUT2D eigenvalue weighted by atomic mass is 16.4. The number of carboxylic acid groups (broad SMARTS) is 1. The van der Waals surface area contributed by atoms with Crippen molar-refractivity contribution in [3.8, 4) is 0 Å². The van der Waals surface area contributed by atoms with Crippen LogP contribution in [-0.2, 0) is 25.6 Å². The summed E-state index contributed by atoms with van der Waals surface area (Å²) in [6.45, 7) is 12.6. The number of carbonyl (C=O) groups is 4. The number of rotatable bonds is 8. The van der Waals surface area contributed by atoms with Gasteiger partial charge in [-0.1, -0.05) is 58.9 Å². The highest BCUT2D eigenvalue weighted by Gasteiger charge is 2.42. The van der Waals surface area contributed by atoms with Gasteiger partial charge in [0.05, 0.1) is 12.0 Å². The van der Waals surface area contributed by atoms with Crippen LogP contribution in [0.1, 0.15) is 84.3 Å². The van der Waals surface area contributed by atoms with Crippen LogP contribution in [0.25, 0.3) is 0 Å². The monoisotopic (exact) mass is 530 g/mol. The number of aliphatic carboxylic acids is 1. The van der Waals surface area contributed by atoms with Crippen LogP contribution in [0.4, 0.5) is 0 Å². The maximum Gasteiger partial charge on any atom is 0.326 e. The Morgan fingerprint density at radius 2 is 1.74 bits per heavy atom. The van der Waals surface area contributed by atoms with Gasteiger partial charge in [-0.15, -0.1) is 0 Å². The number of benzene rings is 1. The molecule has 0 spiro atoms. The minimum absolute atomic E-state index is 0.0510. The number of hydrogen-bond acceptors (Lipinski definition) is 5. The summed E-state index contributed by atoms with van der Waals surface area (Å²) in [5.41, 5.74) is 7.25. The van der Waals surface area contributed by atoms with E-state index in [0.29, 0.717) is 31.8 Å². The van der Waals surface area contributed by atoms with Gasteiger partial charge < -0.3 is 26.4 Å². The molecule has 4 unspecified atom stereocenters. The van der Waals surface area contributed by atoms with E-state index in [9.17, 15) is 24.3 Å². The first kappa shape index (κ1) is 31.3. The zero-order valence-electron chi connectivity index (χ0n) is 23.8. The fourth-order valence-electron chi connectivity index (χ4n) is 4.92. The van der Waals surface area contributed by atoms with Crippen molar-refractivity contribution in [2.24, 2.45) is 17.1 Å². The lowest BCUT2D eigenvalue weighted by molar-refractivity contribution is -0.150. The molecule has 5 N–H and O–H groups in total. The van der Waals surface area contributed by atoms with Gasteiger partial charge in [0.1, 0.15) is 12.1 Å². The van der Waals surface area contributed by atoms with Crippen molar-refractivity contribution in [1.29, 1.82) is 0 Å². The Bertz CT molecular complexity index is 987. The van der Waals surface area contributed by atoms with E-state index in [-0.39, 0.29) is 23.6 Å². The zero-order valence-corrected chi connectivity index (χ0v) is 23.8. The van der Waals surface area contributed by atoms with Crippen molar-refractivity contribution in [2.45, 2.75) is 97.7 Å². The lowest BCUT2D eigenvalue weighted by Crippen LogP contribution is -2.59. The third-order valence-electron chi connectivity index (χ3n) is 7.16. The fraction of sp³-hybridized carbons (Fsp3) is 0.655. The predicted octanol–water partition coefficient (Wildman–Crippen LogP) is 2.82. The van der Waals surface area contributed by atoms with Crippen LogP contribution in [-0.4, -0.2) is 64.9 Å². The number of carbonyl (C=O) groups excluding carboxylic acids is 3. The molecule has 212 valence electrons. The number of fused-ring (bicyclic) bond motifs is 1. The predicted molar refractivity (Wildman–Crippen MR) is 147 cm³/mol. The van der Waals surface area contributed by atoms with Gasteiger partial charge in [-0.3, -0.25) is 14.4 Å². The molecule has 1 fully saturated rings. The molecule has 1 aliphatic carbocycles. The van der Waals surface area contributed by atoms with Gasteiger partial charge in [-0.05, 0) is 68.0 Å². The molecule has 2 aliphatic rings. The Kier molecular flexibility index (Phi) is 11.3. The summed E-state index contributed by atoms with van der Waals surface area (Å²) >= 11 is 0. The Hall–Kier alpha value is -2.94. The number of primary amides is 1. The molecule has 3 amide bonds. The van der Waals surface area contributed by atoms with Crippen molar-refractivity contribution < 1.29 is 24.3 Å². The van der Waals surface area contributed by atoms with Crippen molar-refractivity contribution in [3.63, 3.8) is 0 Å². The molecule has 1 aromatic rings. The highest BCUT2D eigenvalue weighted by molar-refractivity contribution is 5.92. The number of carboxylic acids is 1. The average Bonchev–Trinajstić information content (AvgIpc) is 3.35. The first-order chi connectivity index (χ1) is 17.7. The van der Waals surface area contributed by atoms with Crippen LogP contribution >= 0.6 is 0 Å². The summed E-state index contributed by atoms with van der Waals surface area (Å²) in [4.78, 5) is 49.4. The molecule has 0 bridgehead atoms. The van der Waals surface area contributed by atoms with Crippen molar-refractivity contribution >= 4 is 23.7 Å². The second-order valence-corrected chi connectivity index (χ2v) is 11.9. The van der Waals surface area contributed by atoms with Gasteiger partial charge in [0.2, 0.25) is 17.7 Å². The van der Waals surface area contributed by atoms with Gasteiger partial charge in [-0.2, -0.15) is 0 Å². The van der Waals surface area contributed by atoms with Crippen LogP contribution < -0.4 is 16.4 Å². The minimum Gasteiger partial charge on any atom is -0.480 e. The Morgan fingerprint density at radius 3 is 2.32 bits per heavy atom. The highest BCUT2D eigenvalue weighted by Crippen LogP contribution is 2.31. The van der Waals surface area contributed by atoms with E-state index >= 15 is 0 Å². The van der Waals surface area contributed by atoms with E-state index in [1.54, 1.807) is 6.92 Å². The van der Waals surface area contributed by atoms with E-state index in [4.69, 9.17) is 5.73 Å². The smallest absolute Gasteiger partial charge is 0.326 e. The van der Waals surface area contributed by atoms with E-state index in [2.05, 4.69) is 30.5 Å². The lowest BCUT2D eigenvalue weighted by Gasteiger charge is -2.35. The number of nitrogens with zero attached hydrogens (tertiary/aromatic N) is 1. The molecule has 1 heterocycles. The third-order valence-corrected chi connectivity index (χ3v) is 7.16. The Morgan fingerprint density at radius 1 is 1.08 bits per heavy atom. The van der Waals surface area contributed by atoms with E-state index in [0.717, 1.165) is 24.8 Å². The van der Waals surface area contributed by atoms with Crippen LogP contribution in [0.2, 0.25) is 0 Å². The topological polar surface area (TPSA) is 142 Å². The number of likely N-dealkylation sites (tertiary alicyclic amines) is 1. The standard InChI is InChI=1S/C18H33N3O4.C11H13NO/c1-11(2)10-19-12(3)15(22)20-14(18(4,5)6)16(23)21-9-7-8-13(21)17(24)25;12-11(13)10-7-3-5-8-4-1-2-6-9(8)10/h11-14,19H,7-10H2,1-6H3,(H,20,22)(H,24,25);1-2,4,6,10H,3,5,7H2,(H2,12,13). The lowest BCUT2D eigenvalue weighted by atomic mass is 9.82. The molecule has 9 nitrogen and oxygen atoms in total. The van der Waals surface area contributed by atoms with Crippen molar-refractivity contribution in [3.05, 3.63) is 35.4 Å². The third kappa shape index (κ3) is 8.55. The first-order valence-electron chi connectivity index (χ1n) is 13.7. The van der Waals surface area contributed by atoms with E-state index in [1.807, 2.05) is 39.0 Å². The second kappa shape index (κ2) is 13.7. The van der Waals surface area contributed by atoms with Crippen LogP contribution in [0.3, 0.4) is 0 Å². The first-order valence-corrected chi connectivity index (χ1v) is 13.7. The molecule has 1 aliphatic heterocycles. The number of nitrogens with one attached hydrogen (secondary N) is 2. The largest absolute Gasteiger partial charge is 0.480 e. The number of aryl methyl sites for hydroxylation is 1. The summed E-state index contributed by atoms with van der Waals surface area (Å²) in [7, 11) is 0.